The monoisotopic (exact) mass is 351 g/mol. The number of nitrogens with zero attached hydrogens (tertiary/aromatic N) is 2. The number of amides is 2. The minimum atomic E-state index is -0.201. The number of ether oxygens (including phenoxy) is 1. The standard InChI is InChI=1S/C20H21N3O3/c1-22-17-12-13(19(24)21-14-6-8-15(26-2)9-7-14)5-10-16(17)20(25)23-11-3-4-18(22)23/h5-10,12,18H,3-4,11H2,1-2H3,(H,21,24)/t18-/m0/s1. The number of rotatable bonds is 3. The lowest BCUT2D eigenvalue weighted by Crippen LogP contribution is -2.50. The van der Waals surface area contributed by atoms with Crippen molar-refractivity contribution < 1.29 is 14.3 Å². The van der Waals surface area contributed by atoms with Crippen LogP contribution in [0.25, 0.3) is 0 Å². The Kier molecular flexibility index (Phi) is 4.03. The number of hydrogen-bond acceptors (Lipinski definition) is 4. The summed E-state index contributed by atoms with van der Waals surface area (Å²) in [5, 5.41) is 2.88. The first kappa shape index (κ1) is 16.4. The Hall–Kier alpha value is -3.02. The molecule has 1 N–H and O–H groups in total. The smallest absolute Gasteiger partial charge is 0.257 e. The SMILES string of the molecule is COc1ccc(NC(=O)c2ccc3c(c2)N(C)[C@@H]2CCCN2C3=O)cc1. The van der Waals surface area contributed by atoms with Gasteiger partial charge in [-0.25, -0.2) is 0 Å². The summed E-state index contributed by atoms with van der Waals surface area (Å²) < 4.78 is 5.12. The van der Waals surface area contributed by atoms with Crippen LogP contribution in [0.5, 0.6) is 5.75 Å². The molecule has 0 aromatic heterocycles. The number of anilines is 2. The normalized spacial score (nSPS) is 18.4. The Morgan fingerprint density at radius 1 is 1.19 bits per heavy atom. The summed E-state index contributed by atoms with van der Waals surface area (Å²) in [6.45, 7) is 0.799. The van der Waals surface area contributed by atoms with E-state index in [-0.39, 0.29) is 18.0 Å². The lowest BCUT2D eigenvalue weighted by Gasteiger charge is -2.40. The minimum Gasteiger partial charge on any atom is -0.497 e. The van der Waals surface area contributed by atoms with E-state index in [1.807, 2.05) is 18.0 Å². The molecule has 2 aromatic carbocycles. The Morgan fingerprint density at radius 3 is 2.69 bits per heavy atom. The maximum atomic E-state index is 12.7. The van der Waals surface area contributed by atoms with Crippen LogP contribution in [0.1, 0.15) is 33.6 Å². The minimum absolute atomic E-state index is 0.0581. The predicted octanol–water partition coefficient (Wildman–Crippen LogP) is 2.96. The Labute approximate surface area is 152 Å². The van der Waals surface area contributed by atoms with Crippen LogP contribution in [0.15, 0.2) is 42.5 Å². The lowest BCUT2D eigenvalue weighted by atomic mass is 10.0. The molecule has 0 aliphatic carbocycles. The van der Waals surface area contributed by atoms with Crippen LogP contribution < -0.4 is 15.0 Å². The van der Waals surface area contributed by atoms with E-state index in [0.29, 0.717) is 16.8 Å². The molecule has 6 heteroatoms. The van der Waals surface area contributed by atoms with E-state index in [2.05, 4.69) is 10.2 Å². The van der Waals surface area contributed by atoms with Gasteiger partial charge < -0.3 is 19.9 Å². The molecule has 1 atom stereocenters. The van der Waals surface area contributed by atoms with Gasteiger partial charge in [0.15, 0.2) is 0 Å². The van der Waals surface area contributed by atoms with Gasteiger partial charge in [-0.05, 0) is 55.3 Å². The third kappa shape index (κ3) is 2.67. The van der Waals surface area contributed by atoms with Crippen LogP contribution in [-0.2, 0) is 0 Å². The van der Waals surface area contributed by atoms with E-state index in [1.54, 1.807) is 43.5 Å². The molecule has 0 saturated carbocycles. The molecular weight excluding hydrogens is 330 g/mol. The van der Waals surface area contributed by atoms with E-state index in [4.69, 9.17) is 4.74 Å². The number of methoxy groups -OCH3 is 1. The van der Waals surface area contributed by atoms with Gasteiger partial charge in [-0.15, -0.1) is 0 Å². The first-order valence-electron chi connectivity index (χ1n) is 8.72. The van der Waals surface area contributed by atoms with Crippen LogP contribution in [-0.4, -0.2) is 43.6 Å². The average Bonchev–Trinajstić information content (AvgIpc) is 3.16. The molecule has 2 amide bonds. The van der Waals surface area contributed by atoms with Crippen LogP contribution in [0.3, 0.4) is 0 Å². The molecule has 0 spiro atoms. The number of fused-ring (bicyclic) bond motifs is 2. The summed E-state index contributed by atoms with van der Waals surface area (Å²) in [4.78, 5) is 29.3. The third-order valence-corrected chi connectivity index (χ3v) is 5.15. The van der Waals surface area contributed by atoms with Crippen molar-refractivity contribution in [3.05, 3.63) is 53.6 Å². The molecular formula is C20H21N3O3. The zero-order valence-electron chi connectivity index (χ0n) is 14.9. The van der Waals surface area contributed by atoms with Crippen molar-refractivity contribution in [3.63, 3.8) is 0 Å². The molecule has 6 nitrogen and oxygen atoms in total. The summed E-state index contributed by atoms with van der Waals surface area (Å²) >= 11 is 0. The molecule has 2 aromatic rings. The van der Waals surface area contributed by atoms with E-state index < -0.39 is 0 Å². The predicted molar refractivity (Wildman–Crippen MR) is 99.9 cm³/mol. The fourth-order valence-corrected chi connectivity index (χ4v) is 3.73. The maximum Gasteiger partial charge on any atom is 0.257 e. The first-order valence-corrected chi connectivity index (χ1v) is 8.72. The highest BCUT2D eigenvalue weighted by Gasteiger charge is 2.38. The molecule has 2 heterocycles. The summed E-state index contributed by atoms with van der Waals surface area (Å²) in [6.07, 6.45) is 2.07. The number of hydrogen-bond donors (Lipinski definition) is 1. The van der Waals surface area contributed by atoms with Gasteiger partial charge in [0, 0.05) is 24.8 Å². The van der Waals surface area contributed by atoms with E-state index >= 15 is 0 Å². The molecule has 1 saturated heterocycles. The highest BCUT2D eigenvalue weighted by Crippen LogP contribution is 2.35. The number of carbonyl (C=O) groups is 2. The molecule has 0 unspecified atom stereocenters. The Balaban J connectivity index is 1.59. The van der Waals surface area contributed by atoms with Crippen molar-refractivity contribution >= 4 is 23.2 Å². The number of carbonyl (C=O) groups excluding carboxylic acids is 2. The van der Waals surface area contributed by atoms with Gasteiger partial charge in [-0.3, -0.25) is 9.59 Å². The van der Waals surface area contributed by atoms with E-state index in [9.17, 15) is 9.59 Å². The number of nitrogens with one attached hydrogen (secondary N) is 1. The average molecular weight is 351 g/mol. The van der Waals surface area contributed by atoms with Crippen molar-refractivity contribution in [1.82, 2.24) is 4.90 Å². The molecule has 4 rings (SSSR count). The van der Waals surface area contributed by atoms with Crippen LogP contribution in [0.4, 0.5) is 11.4 Å². The number of benzene rings is 2. The van der Waals surface area contributed by atoms with Gasteiger partial charge in [-0.2, -0.15) is 0 Å². The topological polar surface area (TPSA) is 61.9 Å². The molecule has 0 bridgehead atoms. The molecule has 2 aliphatic heterocycles. The van der Waals surface area contributed by atoms with Gasteiger partial charge in [0.05, 0.1) is 18.4 Å². The van der Waals surface area contributed by atoms with E-state index in [0.717, 1.165) is 30.8 Å². The fraction of sp³-hybridized carbons (Fsp3) is 0.300. The molecule has 2 aliphatic rings. The summed E-state index contributed by atoms with van der Waals surface area (Å²) in [6, 6.07) is 12.4. The molecule has 134 valence electrons. The van der Waals surface area contributed by atoms with Gasteiger partial charge in [0.2, 0.25) is 0 Å². The van der Waals surface area contributed by atoms with Gasteiger partial charge in [0.1, 0.15) is 11.9 Å². The largest absolute Gasteiger partial charge is 0.497 e. The summed E-state index contributed by atoms with van der Waals surface area (Å²) in [7, 11) is 3.59. The summed E-state index contributed by atoms with van der Waals surface area (Å²) in [5.74, 6) is 0.591. The Morgan fingerprint density at radius 2 is 1.96 bits per heavy atom. The third-order valence-electron chi connectivity index (χ3n) is 5.15. The van der Waals surface area contributed by atoms with Gasteiger partial charge >= 0.3 is 0 Å². The highest BCUT2D eigenvalue weighted by atomic mass is 16.5. The molecule has 0 radical (unpaired) electrons. The van der Waals surface area contributed by atoms with Crippen molar-refractivity contribution in [3.8, 4) is 5.75 Å². The van der Waals surface area contributed by atoms with Crippen LogP contribution in [0, 0.1) is 0 Å². The van der Waals surface area contributed by atoms with Gasteiger partial charge in [0.25, 0.3) is 11.8 Å². The van der Waals surface area contributed by atoms with Crippen molar-refractivity contribution in [1.29, 1.82) is 0 Å². The maximum absolute atomic E-state index is 12.7. The first-order chi connectivity index (χ1) is 12.6. The quantitative estimate of drug-likeness (QED) is 0.924. The van der Waals surface area contributed by atoms with Crippen molar-refractivity contribution in [2.24, 2.45) is 0 Å². The van der Waals surface area contributed by atoms with Crippen molar-refractivity contribution in [2.75, 3.05) is 30.9 Å². The summed E-state index contributed by atoms with van der Waals surface area (Å²) in [5.41, 5.74) is 2.71. The van der Waals surface area contributed by atoms with Crippen LogP contribution >= 0.6 is 0 Å². The molecule has 1 fully saturated rings. The van der Waals surface area contributed by atoms with E-state index in [1.165, 1.54) is 0 Å². The Bertz CT molecular complexity index is 863. The van der Waals surface area contributed by atoms with Crippen molar-refractivity contribution in [2.45, 2.75) is 19.0 Å². The second-order valence-corrected chi connectivity index (χ2v) is 6.65. The highest BCUT2D eigenvalue weighted by molar-refractivity contribution is 6.08. The second-order valence-electron chi connectivity index (χ2n) is 6.65. The zero-order valence-corrected chi connectivity index (χ0v) is 14.9. The van der Waals surface area contributed by atoms with Crippen LogP contribution in [0.2, 0.25) is 0 Å². The zero-order chi connectivity index (χ0) is 18.3. The fourth-order valence-electron chi connectivity index (χ4n) is 3.73. The van der Waals surface area contributed by atoms with Gasteiger partial charge in [-0.1, -0.05) is 0 Å². The lowest BCUT2D eigenvalue weighted by molar-refractivity contribution is 0.0719. The second kappa shape index (κ2) is 6.37. The molecule has 26 heavy (non-hydrogen) atoms.